The summed E-state index contributed by atoms with van der Waals surface area (Å²) in [6.45, 7) is 3.16. The maximum absolute atomic E-state index is 14.8. The molecule has 2 aliphatic rings. The van der Waals surface area contributed by atoms with Gasteiger partial charge in [0, 0.05) is 36.0 Å². The molecule has 0 aliphatic carbocycles. The third-order valence-corrected chi connectivity index (χ3v) is 5.53. The first-order valence-electron chi connectivity index (χ1n) is 9.90. The first kappa shape index (κ1) is 17.9. The van der Waals surface area contributed by atoms with Crippen molar-refractivity contribution in [1.82, 2.24) is 4.98 Å². The number of hydrogen-bond donors (Lipinski definition) is 0. The van der Waals surface area contributed by atoms with Crippen LogP contribution < -0.4 is 9.47 Å². The third-order valence-electron chi connectivity index (χ3n) is 5.53. The van der Waals surface area contributed by atoms with Crippen molar-refractivity contribution in [1.29, 1.82) is 0 Å². The average Bonchev–Trinajstić information content (AvgIpc) is 3.19. The predicted octanol–water partition coefficient (Wildman–Crippen LogP) is 5.17. The first-order valence-corrected chi connectivity index (χ1v) is 9.90. The Balaban J connectivity index is 1.42. The second kappa shape index (κ2) is 7.32. The van der Waals surface area contributed by atoms with Crippen molar-refractivity contribution in [2.75, 3.05) is 13.2 Å². The molecule has 3 aromatic rings. The van der Waals surface area contributed by atoms with Crippen LogP contribution in [0.25, 0.3) is 11.1 Å². The second-order valence-corrected chi connectivity index (χ2v) is 7.39. The fourth-order valence-electron chi connectivity index (χ4n) is 4.06. The summed E-state index contributed by atoms with van der Waals surface area (Å²) in [7, 11) is 0. The molecule has 4 nitrogen and oxygen atoms in total. The molecule has 1 atom stereocenters. The zero-order chi connectivity index (χ0) is 19.8. The van der Waals surface area contributed by atoms with Gasteiger partial charge in [-0.25, -0.2) is 4.39 Å². The van der Waals surface area contributed by atoms with Crippen LogP contribution in [0.3, 0.4) is 0 Å². The van der Waals surface area contributed by atoms with Gasteiger partial charge in [-0.2, -0.15) is 0 Å². The van der Waals surface area contributed by atoms with Gasteiger partial charge in [0.1, 0.15) is 17.3 Å². The van der Waals surface area contributed by atoms with Crippen LogP contribution in [0, 0.1) is 11.7 Å². The number of benzene rings is 2. The minimum atomic E-state index is -0.205. The lowest BCUT2D eigenvalue weighted by atomic mass is 9.90. The van der Waals surface area contributed by atoms with Crippen LogP contribution in [0.4, 0.5) is 10.1 Å². The molecule has 0 amide bonds. The maximum Gasteiger partial charge on any atom is 0.129 e. The minimum absolute atomic E-state index is 0.135. The van der Waals surface area contributed by atoms with E-state index in [1.807, 2.05) is 43.3 Å². The molecule has 1 aromatic heterocycles. The van der Waals surface area contributed by atoms with Crippen molar-refractivity contribution < 1.29 is 13.9 Å². The Morgan fingerprint density at radius 2 is 1.97 bits per heavy atom. The van der Waals surface area contributed by atoms with Crippen LogP contribution in [-0.2, 0) is 12.8 Å². The van der Waals surface area contributed by atoms with E-state index in [9.17, 15) is 4.39 Å². The van der Waals surface area contributed by atoms with E-state index in [-0.39, 0.29) is 11.7 Å². The lowest BCUT2D eigenvalue weighted by Crippen LogP contribution is -2.28. The lowest BCUT2D eigenvalue weighted by molar-refractivity contribution is 0.256. The van der Waals surface area contributed by atoms with Crippen molar-refractivity contribution in [2.45, 2.75) is 19.8 Å². The smallest absolute Gasteiger partial charge is 0.129 e. The van der Waals surface area contributed by atoms with E-state index >= 15 is 0 Å². The van der Waals surface area contributed by atoms with Gasteiger partial charge in [0.15, 0.2) is 0 Å². The molecule has 3 heterocycles. The summed E-state index contributed by atoms with van der Waals surface area (Å²) in [5.41, 5.74) is 5.25. The van der Waals surface area contributed by atoms with Crippen molar-refractivity contribution in [3.63, 3.8) is 0 Å². The van der Waals surface area contributed by atoms with E-state index in [1.165, 1.54) is 0 Å². The summed E-state index contributed by atoms with van der Waals surface area (Å²) >= 11 is 0. The topological polar surface area (TPSA) is 43.7 Å². The fraction of sp³-hybridized carbons (Fsp3) is 0.250. The largest absolute Gasteiger partial charge is 0.494 e. The number of ether oxygens (including phenoxy) is 2. The highest BCUT2D eigenvalue weighted by atomic mass is 19.1. The van der Waals surface area contributed by atoms with Gasteiger partial charge in [-0.05, 0) is 72.5 Å². The van der Waals surface area contributed by atoms with Gasteiger partial charge < -0.3 is 9.47 Å². The average molecular weight is 388 g/mol. The van der Waals surface area contributed by atoms with Gasteiger partial charge in [-0.3, -0.25) is 9.98 Å². The number of aliphatic imine (C=N–C) groups is 1. The Bertz CT molecular complexity index is 1100. The molecule has 5 heteroatoms. The van der Waals surface area contributed by atoms with Gasteiger partial charge in [0.05, 0.1) is 18.9 Å². The molecule has 0 saturated heterocycles. The monoisotopic (exact) mass is 388 g/mol. The maximum atomic E-state index is 14.8. The summed E-state index contributed by atoms with van der Waals surface area (Å²) < 4.78 is 26.4. The van der Waals surface area contributed by atoms with Gasteiger partial charge in [-0.15, -0.1) is 0 Å². The van der Waals surface area contributed by atoms with Gasteiger partial charge in [0.2, 0.25) is 0 Å². The summed E-state index contributed by atoms with van der Waals surface area (Å²) in [5, 5.41) is 0. The van der Waals surface area contributed by atoms with Gasteiger partial charge >= 0.3 is 0 Å². The van der Waals surface area contributed by atoms with Gasteiger partial charge in [0.25, 0.3) is 0 Å². The molecule has 0 N–H and O–H groups in total. The third kappa shape index (κ3) is 3.37. The SMILES string of the molecule is CCOc1ccc2c(c1)CC(C1=Nc3cc(-c4ccncc4)cc(F)c3C1)CO2. The number of halogens is 1. The van der Waals surface area contributed by atoms with Crippen LogP contribution in [0.1, 0.15) is 18.1 Å². The molecule has 0 fully saturated rings. The molecule has 5 rings (SSSR count). The highest BCUT2D eigenvalue weighted by Gasteiger charge is 2.29. The molecule has 146 valence electrons. The number of fused-ring (bicyclic) bond motifs is 2. The van der Waals surface area contributed by atoms with Crippen LogP contribution in [0.5, 0.6) is 11.5 Å². The molecule has 0 saturated carbocycles. The summed E-state index contributed by atoms with van der Waals surface area (Å²) in [6, 6.07) is 13.2. The summed E-state index contributed by atoms with van der Waals surface area (Å²) in [4.78, 5) is 8.83. The number of pyridine rings is 1. The van der Waals surface area contributed by atoms with Crippen LogP contribution >= 0.6 is 0 Å². The molecule has 29 heavy (non-hydrogen) atoms. The zero-order valence-corrected chi connectivity index (χ0v) is 16.2. The Morgan fingerprint density at radius 1 is 1.10 bits per heavy atom. The zero-order valence-electron chi connectivity index (χ0n) is 16.2. The number of hydrogen-bond acceptors (Lipinski definition) is 4. The van der Waals surface area contributed by atoms with Crippen LogP contribution in [0.2, 0.25) is 0 Å². The summed E-state index contributed by atoms with van der Waals surface area (Å²) in [6.07, 6.45) is 4.78. The van der Waals surface area contributed by atoms with E-state index in [0.29, 0.717) is 25.2 Å². The second-order valence-electron chi connectivity index (χ2n) is 7.39. The van der Waals surface area contributed by atoms with E-state index in [0.717, 1.165) is 46.0 Å². The fourth-order valence-corrected chi connectivity index (χ4v) is 4.06. The molecule has 2 aliphatic heterocycles. The standard InChI is InChI=1S/C24H21FN2O2/c1-2-28-19-3-4-24-17(10-19)9-18(14-29-24)22-13-20-21(25)11-16(12-23(20)27-22)15-5-7-26-8-6-15/h3-8,10-12,18H,2,9,13-14H2,1H3. The van der Waals surface area contributed by atoms with Crippen molar-refractivity contribution in [2.24, 2.45) is 10.9 Å². The molecule has 1 unspecified atom stereocenters. The number of aromatic nitrogens is 1. The van der Waals surface area contributed by atoms with E-state index in [4.69, 9.17) is 14.5 Å². The van der Waals surface area contributed by atoms with E-state index in [2.05, 4.69) is 4.98 Å². The molecule has 0 radical (unpaired) electrons. The van der Waals surface area contributed by atoms with E-state index in [1.54, 1.807) is 18.5 Å². The highest BCUT2D eigenvalue weighted by Crippen LogP contribution is 2.38. The summed E-state index contributed by atoms with van der Waals surface area (Å²) in [5.74, 6) is 1.67. The van der Waals surface area contributed by atoms with E-state index < -0.39 is 0 Å². The Kier molecular flexibility index (Phi) is 4.51. The number of nitrogens with zero attached hydrogens (tertiary/aromatic N) is 2. The lowest BCUT2D eigenvalue weighted by Gasteiger charge is -2.26. The van der Waals surface area contributed by atoms with Crippen molar-refractivity contribution in [3.05, 3.63) is 71.8 Å². The molecule has 0 bridgehead atoms. The predicted molar refractivity (Wildman–Crippen MR) is 111 cm³/mol. The molecule has 0 spiro atoms. The van der Waals surface area contributed by atoms with Gasteiger partial charge in [-0.1, -0.05) is 0 Å². The normalized spacial score (nSPS) is 17.2. The molecular weight excluding hydrogens is 367 g/mol. The van der Waals surface area contributed by atoms with Crippen LogP contribution in [-0.4, -0.2) is 23.9 Å². The highest BCUT2D eigenvalue weighted by molar-refractivity contribution is 5.97. The number of rotatable bonds is 4. The van der Waals surface area contributed by atoms with Crippen molar-refractivity contribution >= 4 is 11.4 Å². The first-order chi connectivity index (χ1) is 14.2. The molecular formula is C24H21FN2O2. The quantitative estimate of drug-likeness (QED) is 0.620. The Morgan fingerprint density at radius 3 is 2.79 bits per heavy atom. The van der Waals surface area contributed by atoms with Crippen LogP contribution in [0.15, 0.2) is 59.9 Å². The minimum Gasteiger partial charge on any atom is -0.494 e. The van der Waals surface area contributed by atoms with Crippen molar-refractivity contribution in [3.8, 4) is 22.6 Å². The Hall–Kier alpha value is -3.21. The Labute approximate surface area is 169 Å². The molecule has 2 aromatic carbocycles.